The van der Waals surface area contributed by atoms with Crippen LogP contribution in [0.1, 0.15) is 48.3 Å². The van der Waals surface area contributed by atoms with Gasteiger partial charge in [-0.15, -0.1) is 0 Å². The minimum atomic E-state index is -1.61. The first-order valence-corrected chi connectivity index (χ1v) is 14.2. The summed E-state index contributed by atoms with van der Waals surface area (Å²) in [5.41, 5.74) is 1.01. The van der Waals surface area contributed by atoms with Gasteiger partial charge in [-0.2, -0.15) is 0 Å². The fourth-order valence-corrected chi connectivity index (χ4v) is 4.29. The van der Waals surface area contributed by atoms with Crippen molar-refractivity contribution in [2.45, 2.75) is 87.2 Å². The molecule has 19 nitrogen and oxygen atoms in total. The molecule has 4 heterocycles. The predicted octanol–water partition coefficient (Wildman–Crippen LogP) is -3.26. The van der Waals surface area contributed by atoms with Crippen molar-refractivity contribution >= 4 is 12.3 Å². The van der Waals surface area contributed by atoms with Crippen molar-refractivity contribution in [3.05, 3.63) is 47.6 Å². The van der Waals surface area contributed by atoms with Crippen LogP contribution in [-0.4, -0.2) is 147 Å². The molecule has 2 aliphatic rings. The molecular weight excluding hydrogens is 620 g/mol. The topological polar surface area (TPSA) is 305 Å². The largest absolute Gasteiger partial charge is 0.509 e. The Hall–Kier alpha value is -3.66. The molecule has 0 aromatic carbocycles. The predicted molar refractivity (Wildman–Crippen MR) is 147 cm³/mol. The van der Waals surface area contributed by atoms with Gasteiger partial charge >= 0.3 is 12.3 Å². The highest BCUT2D eigenvalue weighted by Crippen LogP contribution is 2.22. The van der Waals surface area contributed by atoms with E-state index < -0.39 is 80.0 Å². The van der Waals surface area contributed by atoms with Crippen LogP contribution < -0.4 is 0 Å². The standard InChI is InChI=1S/C14H20N2O7.C13H18N2O8/c1-2-9(18)13(20)12(19)8-5-15-7(4-16-8)3-10-11(6-17)23-14(21)22-10;16-4-8(18)12(20)11(19)7-3-14-6(2-15-7)1-9-10(5-17)23-13(21)22-9/h4-5,9-13,17-20H,2-3,6H2,1H3;2-3,8-12,16-20H,1,4-5H2. The number of ether oxygens (including phenoxy) is 4. The van der Waals surface area contributed by atoms with E-state index in [0.29, 0.717) is 17.8 Å². The van der Waals surface area contributed by atoms with E-state index in [0.717, 1.165) is 0 Å². The highest BCUT2D eigenvalue weighted by atomic mass is 16.8. The zero-order chi connectivity index (χ0) is 34.0. The molecule has 256 valence electrons. The van der Waals surface area contributed by atoms with Gasteiger partial charge in [0, 0.05) is 25.2 Å². The molecule has 19 heteroatoms. The number of nitrogens with zero attached hydrogens (tertiary/aromatic N) is 4. The van der Waals surface area contributed by atoms with E-state index in [2.05, 4.69) is 19.9 Å². The van der Waals surface area contributed by atoms with E-state index in [-0.39, 0.29) is 37.4 Å². The third kappa shape index (κ3) is 9.67. The lowest BCUT2D eigenvalue weighted by atomic mass is 10.0. The van der Waals surface area contributed by atoms with Crippen LogP contribution in [-0.2, 0) is 31.8 Å². The fourth-order valence-electron chi connectivity index (χ4n) is 4.29. The number of rotatable bonds is 14. The molecule has 10 atom stereocenters. The van der Waals surface area contributed by atoms with E-state index in [4.69, 9.17) is 34.3 Å². The van der Waals surface area contributed by atoms with E-state index >= 15 is 0 Å². The van der Waals surface area contributed by atoms with Crippen molar-refractivity contribution < 1.29 is 74.5 Å². The number of aliphatic hydroxyl groups is 9. The van der Waals surface area contributed by atoms with Crippen LogP contribution in [0.2, 0.25) is 0 Å². The summed E-state index contributed by atoms with van der Waals surface area (Å²) in [6.07, 6.45) is -7.23. The highest BCUT2D eigenvalue weighted by Gasteiger charge is 2.38. The molecule has 10 unspecified atom stereocenters. The Morgan fingerprint density at radius 1 is 0.609 bits per heavy atom. The quantitative estimate of drug-likeness (QED) is 0.0900. The Morgan fingerprint density at radius 2 is 1.00 bits per heavy atom. The third-order valence-corrected chi connectivity index (χ3v) is 7.10. The third-order valence-electron chi connectivity index (χ3n) is 7.10. The van der Waals surface area contributed by atoms with E-state index in [9.17, 15) is 40.2 Å². The van der Waals surface area contributed by atoms with Gasteiger partial charge in [-0.3, -0.25) is 19.9 Å². The van der Waals surface area contributed by atoms with Crippen LogP contribution in [0.4, 0.5) is 9.59 Å². The van der Waals surface area contributed by atoms with Crippen molar-refractivity contribution in [1.29, 1.82) is 0 Å². The maximum Gasteiger partial charge on any atom is 0.509 e. The van der Waals surface area contributed by atoms with Crippen molar-refractivity contribution in [2.75, 3.05) is 19.8 Å². The number of hydrogen-bond acceptors (Lipinski definition) is 19. The van der Waals surface area contributed by atoms with Gasteiger partial charge < -0.3 is 64.9 Å². The molecule has 9 N–H and O–H groups in total. The summed E-state index contributed by atoms with van der Waals surface area (Å²) in [6.45, 7) is 0.227. The molecule has 0 aliphatic carbocycles. The summed E-state index contributed by atoms with van der Waals surface area (Å²) in [7, 11) is 0. The van der Waals surface area contributed by atoms with Crippen molar-refractivity contribution in [2.24, 2.45) is 0 Å². The van der Waals surface area contributed by atoms with Gasteiger partial charge in [-0.25, -0.2) is 9.59 Å². The minimum Gasteiger partial charge on any atom is -0.426 e. The van der Waals surface area contributed by atoms with Crippen molar-refractivity contribution in [3.8, 4) is 0 Å². The molecule has 46 heavy (non-hydrogen) atoms. The molecule has 2 aliphatic heterocycles. The Kier molecular flexibility index (Phi) is 13.9. The van der Waals surface area contributed by atoms with Gasteiger partial charge in [0.1, 0.15) is 30.5 Å². The molecule has 0 radical (unpaired) electrons. The summed E-state index contributed by atoms with van der Waals surface area (Å²) in [6, 6.07) is 0. The van der Waals surface area contributed by atoms with Gasteiger partial charge in [0.25, 0.3) is 0 Å². The van der Waals surface area contributed by atoms with E-state index in [1.165, 1.54) is 24.8 Å². The first-order valence-electron chi connectivity index (χ1n) is 14.2. The monoisotopic (exact) mass is 658 g/mol. The van der Waals surface area contributed by atoms with Gasteiger partial charge in [-0.1, -0.05) is 6.92 Å². The first-order chi connectivity index (χ1) is 21.9. The summed E-state index contributed by atoms with van der Waals surface area (Å²) >= 11 is 0. The summed E-state index contributed by atoms with van der Waals surface area (Å²) in [5, 5.41) is 84.9. The van der Waals surface area contributed by atoms with E-state index in [1.54, 1.807) is 6.92 Å². The Morgan fingerprint density at radius 3 is 1.33 bits per heavy atom. The smallest absolute Gasteiger partial charge is 0.426 e. The summed E-state index contributed by atoms with van der Waals surface area (Å²) in [5.74, 6) is 0. The van der Waals surface area contributed by atoms with Crippen LogP contribution in [0.15, 0.2) is 24.8 Å². The number of cyclic esters (lactones) is 4. The van der Waals surface area contributed by atoms with Crippen LogP contribution >= 0.6 is 0 Å². The van der Waals surface area contributed by atoms with E-state index in [1.807, 2.05) is 0 Å². The van der Waals surface area contributed by atoms with Gasteiger partial charge in [0.2, 0.25) is 0 Å². The maximum absolute atomic E-state index is 11.0. The zero-order valence-corrected chi connectivity index (χ0v) is 24.6. The second-order valence-electron chi connectivity index (χ2n) is 10.4. The van der Waals surface area contributed by atoms with Crippen LogP contribution in [0.3, 0.4) is 0 Å². The normalized spacial score (nSPS) is 24.7. The molecule has 2 fully saturated rings. The van der Waals surface area contributed by atoms with Crippen molar-refractivity contribution in [1.82, 2.24) is 19.9 Å². The lowest BCUT2D eigenvalue weighted by Crippen LogP contribution is -2.35. The second-order valence-corrected chi connectivity index (χ2v) is 10.4. The van der Waals surface area contributed by atoms with Crippen LogP contribution in [0.5, 0.6) is 0 Å². The second kappa shape index (κ2) is 17.3. The van der Waals surface area contributed by atoms with Crippen LogP contribution in [0.25, 0.3) is 0 Å². The molecule has 2 saturated heterocycles. The Labute approximate surface area is 261 Å². The number of aromatic nitrogens is 4. The number of aliphatic hydroxyl groups excluding tert-OH is 9. The SMILES string of the molecule is CCC(O)C(O)C(O)c1cnc(CC2OC(=O)OC2CO)cn1.O=C1OC(CO)C(Cc2cnc(C(O)C(O)C(O)CO)cn2)O1. The number of carbonyl (C=O) groups excluding carboxylic acids is 2. The molecule has 0 bridgehead atoms. The lowest BCUT2D eigenvalue weighted by molar-refractivity contribution is -0.0790. The molecule has 2 aromatic heterocycles. The molecule has 0 spiro atoms. The molecule has 0 saturated carbocycles. The average Bonchev–Trinajstić information content (AvgIpc) is 3.62. The highest BCUT2D eigenvalue weighted by molar-refractivity contribution is 5.63. The summed E-state index contributed by atoms with van der Waals surface area (Å²) < 4.78 is 19.3. The molecular formula is C27H38N4O15. The van der Waals surface area contributed by atoms with Crippen LogP contribution in [0, 0.1) is 0 Å². The molecule has 0 amide bonds. The molecule has 2 aromatic rings. The van der Waals surface area contributed by atoms with Gasteiger partial charge in [0.05, 0.1) is 61.1 Å². The first kappa shape index (κ1) is 36.8. The van der Waals surface area contributed by atoms with Crippen molar-refractivity contribution in [3.63, 3.8) is 0 Å². The van der Waals surface area contributed by atoms with Gasteiger partial charge in [0.15, 0.2) is 24.4 Å². The maximum atomic E-state index is 11.0. The minimum absolute atomic E-state index is 0.00660. The molecule has 4 rings (SSSR count). The fraction of sp³-hybridized carbons (Fsp3) is 0.630. The summed E-state index contributed by atoms with van der Waals surface area (Å²) in [4.78, 5) is 38.1. The van der Waals surface area contributed by atoms with Gasteiger partial charge in [-0.05, 0) is 6.42 Å². The lowest BCUT2D eigenvalue weighted by Gasteiger charge is -2.21. The Balaban J connectivity index is 0.000000250. The Bertz CT molecular complexity index is 1150. The number of carbonyl (C=O) groups is 2. The zero-order valence-electron chi connectivity index (χ0n) is 24.6. The average molecular weight is 659 g/mol. The number of hydrogen-bond donors (Lipinski definition) is 9.